The number of Topliss-reactive ketones (excluding diaryl/α,β-unsaturated/α-hetero) is 1. The van der Waals surface area contributed by atoms with Crippen molar-refractivity contribution in [3.8, 4) is 11.3 Å². The first kappa shape index (κ1) is 19.9. The first-order chi connectivity index (χ1) is 14.3. The predicted octanol–water partition coefficient (Wildman–Crippen LogP) is 5.06. The predicted molar refractivity (Wildman–Crippen MR) is 110 cm³/mol. The Morgan fingerprint density at radius 2 is 1.87 bits per heavy atom. The Balaban J connectivity index is 1.66. The fourth-order valence-electron chi connectivity index (χ4n) is 3.21. The number of hydrogen-bond acceptors (Lipinski definition) is 7. The quantitative estimate of drug-likeness (QED) is 0.329. The Bertz CT molecular complexity index is 1270. The first-order valence-electron chi connectivity index (χ1n) is 9.14. The smallest absolute Gasteiger partial charge is 0.339 e. The second kappa shape index (κ2) is 7.79. The van der Waals surface area contributed by atoms with Crippen molar-refractivity contribution in [1.82, 2.24) is 10.1 Å². The minimum Gasteiger partial charge on any atom is -0.454 e. The number of halogens is 1. The molecule has 1 aromatic carbocycles. The van der Waals surface area contributed by atoms with Crippen LogP contribution in [0.5, 0.6) is 0 Å². The third kappa shape index (κ3) is 3.73. The number of aryl methyl sites for hydroxylation is 3. The molecule has 0 fully saturated rings. The third-order valence-corrected chi connectivity index (χ3v) is 5.62. The van der Waals surface area contributed by atoms with Gasteiger partial charge in [0.2, 0.25) is 0 Å². The highest BCUT2D eigenvalue weighted by Crippen LogP contribution is 2.33. The maximum absolute atomic E-state index is 13.0. The first-order valence-corrected chi connectivity index (χ1v) is 9.95. The number of hydrogen-bond donors (Lipinski definition) is 0. The lowest BCUT2D eigenvalue weighted by molar-refractivity contribution is 0.0476. The Morgan fingerprint density at radius 3 is 2.53 bits per heavy atom. The minimum atomic E-state index is -0.685. The zero-order chi connectivity index (χ0) is 21.4. The van der Waals surface area contributed by atoms with Gasteiger partial charge in [-0.2, -0.15) is 0 Å². The van der Waals surface area contributed by atoms with Crippen molar-refractivity contribution in [2.45, 2.75) is 20.8 Å². The molecule has 0 unspecified atom stereocenters. The normalized spacial score (nSPS) is 11.1. The van der Waals surface area contributed by atoms with Crippen LogP contribution in [0, 0.1) is 26.6 Å². The SMILES string of the molecule is Cc1cc(-c2cc(C(=O)OCC(=O)c3ccc(F)cc3)c3c(C)noc3n2)c(C)s1. The number of pyridine rings is 1. The van der Waals surface area contributed by atoms with Gasteiger partial charge < -0.3 is 9.26 Å². The van der Waals surface area contributed by atoms with Gasteiger partial charge in [0.05, 0.1) is 22.3 Å². The summed E-state index contributed by atoms with van der Waals surface area (Å²) in [7, 11) is 0. The molecule has 152 valence electrons. The van der Waals surface area contributed by atoms with E-state index in [0.717, 1.165) is 15.3 Å². The van der Waals surface area contributed by atoms with Crippen LogP contribution in [0.3, 0.4) is 0 Å². The number of ketones is 1. The molecule has 0 saturated carbocycles. The highest BCUT2D eigenvalue weighted by molar-refractivity contribution is 7.12. The van der Waals surface area contributed by atoms with Crippen LogP contribution in [-0.2, 0) is 4.74 Å². The Labute approximate surface area is 175 Å². The molecule has 30 heavy (non-hydrogen) atoms. The maximum atomic E-state index is 13.0. The molecule has 0 saturated heterocycles. The van der Waals surface area contributed by atoms with E-state index in [1.54, 1.807) is 24.3 Å². The van der Waals surface area contributed by atoms with Gasteiger partial charge in [-0.3, -0.25) is 4.79 Å². The molecule has 4 aromatic rings. The average Bonchev–Trinajstić information content (AvgIpc) is 3.27. The fourth-order valence-corrected chi connectivity index (χ4v) is 4.14. The van der Waals surface area contributed by atoms with Crippen LogP contribution < -0.4 is 0 Å². The summed E-state index contributed by atoms with van der Waals surface area (Å²) in [4.78, 5) is 31.8. The van der Waals surface area contributed by atoms with E-state index in [1.165, 1.54) is 24.3 Å². The maximum Gasteiger partial charge on any atom is 0.339 e. The van der Waals surface area contributed by atoms with E-state index >= 15 is 0 Å². The van der Waals surface area contributed by atoms with Crippen molar-refractivity contribution in [3.05, 3.63) is 68.8 Å². The molecule has 0 aliphatic rings. The van der Waals surface area contributed by atoms with Crippen LogP contribution in [0.25, 0.3) is 22.4 Å². The lowest BCUT2D eigenvalue weighted by atomic mass is 10.1. The van der Waals surface area contributed by atoms with E-state index in [1.807, 2.05) is 19.9 Å². The van der Waals surface area contributed by atoms with E-state index < -0.39 is 24.2 Å². The van der Waals surface area contributed by atoms with E-state index in [9.17, 15) is 14.0 Å². The zero-order valence-corrected chi connectivity index (χ0v) is 17.3. The average molecular weight is 424 g/mol. The molecule has 3 heterocycles. The van der Waals surface area contributed by atoms with Crippen molar-refractivity contribution in [2.24, 2.45) is 0 Å². The molecule has 0 N–H and O–H groups in total. The second-order valence-corrected chi connectivity index (χ2v) is 8.30. The van der Waals surface area contributed by atoms with Gasteiger partial charge in [-0.1, -0.05) is 5.16 Å². The Hall–Kier alpha value is -3.39. The molecule has 0 aliphatic carbocycles. The van der Waals surface area contributed by atoms with Gasteiger partial charge >= 0.3 is 5.97 Å². The van der Waals surface area contributed by atoms with E-state index in [4.69, 9.17) is 9.26 Å². The van der Waals surface area contributed by atoms with Crippen LogP contribution in [0.4, 0.5) is 4.39 Å². The number of esters is 1. The number of aromatic nitrogens is 2. The van der Waals surface area contributed by atoms with Gasteiger partial charge in [-0.15, -0.1) is 11.3 Å². The molecule has 0 amide bonds. The molecule has 0 bridgehead atoms. The van der Waals surface area contributed by atoms with E-state index in [2.05, 4.69) is 10.1 Å². The lowest BCUT2D eigenvalue weighted by Crippen LogP contribution is -2.15. The minimum absolute atomic E-state index is 0.226. The monoisotopic (exact) mass is 424 g/mol. The molecule has 6 nitrogen and oxygen atoms in total. The van der Waals surface area contributed by atoms with Crippen molar-refractivity contribution in [3.63, 3.8) is 0 Å². The zero-order valence-electron chi connectivity index (χ0n) is 16.5. The van der Waals surface area contributed by atoms with Crippen LogP contribution in [-0.4, -0.2) is 28.5 Å². The number of fused-ring (bicyclic) bond motifs is 1. The summed E-state index contributed by atoms with van der Waals surface area (Å²) in [6.07, 6.45) is 0. The molecule has 0 spiro atoms. The molecular weight excluding hydrogens is 407 g/mol. The third-order valence-electron chi connectivity index (χ3n) is 4.65. The Kier molecular flexibility index (Phi) is 5.17. The molecular formula is C22H17FN2O4S. The lowest BCUT2D eigenvalue weighted by Gasteiger charge is -2.07. The summed E-state index contributed by atoms with van der Waals surface area (Å²) in [5.74, 6) is -1.56. The largest absolute Gasteiger partial charge is 0.454 e. The molecule has 8 heteroatoms. The molecule has 0 radical (unpaired) electrons. The Morgan fingerprint density at radius 1 is 1.13 bits per heavy atom. The van der Waals surface area contributed by atoms with E-state index in [0.29, 0.717) is 16.8 Å². The molecule has 0 atom stereocenters. The van der Waals surface area contributed by atoms with Gasteiger partial charge in [0.1, 0.15) is 5.82 Å². The second-order valence-electron chi connectivity index (χ2n) is 6.84. The highest BCUT2D eigenvalue weighted by atomic mass is 32.1. The van der Waals surface area contributed by atoms with Gasteiger partial charge in [-0.05, 0) is 57.2 Å². The number of carbonyl (C=O) groups excluding carboxylic acids is 2. The summed E-state index contributed by atoms with van der Waals surface area (Å²) in [5, 5.41) is 4.35. The number of rotatable bonds is 5. The van der Waals surface area contributed by atoms with Crippen molar-refractivity contribution in [1.29, 1.82) is 0 Å². The summed E-state index contributed by atoms with van der Waals surface area (Å²) in [6.45, 7) is 5.20. The standard InChI is InChI=1S/C22H17FN2O4S/c1-11-8-16(13(3)30-11)18-9-17(20-12(2)25-29-21(20)24-18)22(27)28-10-19(26)14-4-6-15(23)7-5-14/h4-9H,10H2,1-3H3. The fraction of sp³-hybridized carbons (Fsp3) is 0.182. The summed E-state index contributed by atoms with van der Waals surface area (Å²) >= 11 is 1.63. The highest BCUT2D eigenvalue weighted by Gasteiger charge is 2.22. The summed E-state index contributed by atoms with van der Waals surface area (Å²) in [5.41, 5.74) is 2.67. The number of nitrogens with zero attached hydrogens (tertiary/aromatic N) is 2. The number of benzene rings is 1. The van der Waals surface area contributed by atoms with Gasteiger partial charge in [0.15, 0.2) is 12.4 Å². The van der Waals surface area contributed by atoms with Crippen LogP contribution in [0.1, 0.15) is 36.2 Å². The van der Waals surface area contributed by atoms with Crippen LogP contribution in [0.2, 0.25) is 0 Å². The van der Waals surface area contributed by atoms with Gasteiger partial charge in [0.25, 0.3) is 5.71 Å². The number of ether oxygens (including phenoxy) is 1. The topological polar surface area (TPSA) is 82.3 Å². The van der Waals surface area contributed by atoms with Gasteiger partial charge in [-0.25, -0.2) is 14.2 Å². The number of carbonyl (C=O) groups is 2. The van der Waals surface area contributed by atoms with Crippen molar-refractivity contribution >= 4 is 34.2 Å². The molecule has 0 aliphatic heterocycles. The summed E-state index contributed by atoms with van der Waals surface area (Å²) in [6, 6.07) is 8.68. The van der Waals surface area contributed by atoms with Crippen molar-refractivity contribution in [2.75, 3.05) is 6.61 Å². The van der Waals surface area contributed by atoms with Crippen LogP contribution >= 0.6 is 11.3 Å². The van der Waals surface area contributed by atoms with Gasteiger partial charge in [0, 0.05) is 20.9 Å². The molecule has 4 rings (SSSR count). The van der Waals surface area contributed by atoms with E-state index in [-0.39, 0.29) is 16.8 Å². The number of thiophene rings is 1. The van der Waals surface area contributed by atoms with Crippen molar-refractivity contribution < 1.29 is 23.2 Å². The van der Waals surface area contributed by atoms with Crippen LogP contribution in [0.15, 0.2) is 40.9 Å². The summed E-state index contributed by atoms with van der Waals surface area (Å²) < 4.78 is 23.6. The molecule has 3 aromatic heterocycles.